The van der Waals surface area contributed by atoms with Crippen LogP contribution in [0.2, 0.25) is 0 Å². The Morgan fingerprint density at radius 3 is 2.47 bits per heavy atom. The number of piperidine rings is 1. The molecule has 0 spiro atoms. The summed E-state index contributed by atoms with van der Waals surface area (Å²) in [6.07, 6.45) is 8.35. The monoisotopic (exact) mass is 237 g/mol. The molecule has 17 heavy (non-hydrogen) atoms. The maximum absolute atomic E-state index is 11.6. The van der Waals surface area contributed by atoms with E-state index in [4.69, 9.17) is 11.2 Å². The second-order valence-corrected chi connectivity index (χ2v) is 5.71. The summed E-state index contributed by atoms with van der Waals surface area (Å²) in [4.78, 5) is 13.8. The first-order chi connectivity index (χ1) is 7.90. The van der Waals surface area contributed by atoms with Gasteiger partial charge in [-0.15, -0.1) is 12.3 Å². The number of carbonyl (C=O) groups is 1. The summed E-state index contributed by atoms with van der Waals surface area (Å²) in [5.41, 5.74) is -0.390. The van der Waals surface area contributed by atoms with Crippen LogP contribution in [0.15, 0.2) is 0 Å². The van der Waals surface area contributed by atoms with Gasteiger partial charge in [0, 0.05) is 6.42 Å². The van der Waals surface area contributed by atoms with Crippen LogP contribution in [0.5, 0.6) is 0 Å². The maximum Gasteiger partial charge on any atom is 0.320 e. The summed E-state index contributed by atoms with van der Waals surface area (Å²) in [6.45, 7) is 7.98. The molecular formula is C14H23NO2. The Kier molecular flexibility index (Phi) is 5.02. The minimum atomic E-state index is -0.390. The molecule has 1 rings (SSSR count). The van der Waals surface area contributed by atoms with Crippen LogP contribution in [-0.2, 0) is 9.53 Å². The molecule has 0 unspecified atom stereocenters. The molecule has 0 aromatic rings. The van der Waals surface area contributed by atoms with Gasteiger partial charge < -0.3 is 4.74 Å². The summed E-state index contributed by atoms with van der Waals surface area (Å²) >= 11 is 0. The van der Waals surface area contributed by atoms with Gasteiger partial charge in [-0.2, -0.15) is 0 Å². The van der Waals surface area contributed by atoms with E-state index in [0.717, 1.165) is 32.4 Å². The predicted octanol–water partition coefficient (Wildman–Crippen LogP) is 2.06. The SMILES string of the molecule is C#CCC1CCN(CC(=O)OC(C)(C)C)CC1. The van der Waals surface area contributed by atoms with E-state index in [1.807, 2.05) is 20.8 Å². The topological polar surface area (TPSA) is 29.5 Å². The van der Waals surface area contributed by atoms with Gasteiger partial charge in [-0.1, -0.05) is 0 Å². The van der Waals surface area contributed by atoms with Crippen molar-refractivity contribution < 1.29 is 9.53 Å². The van der Waals surface area contributed by atoms with Crippen LogP contribution in [0.4, 0.5) is 0 Å². The molecule has 1 aliphatic rings. The molecule has 0 bridgehead atoms. The van der Waals surface area contributed by atoms with Gasteiger partial charge in [0.05, 0.1) is 6.54 Å². The Morgan fingerprint density at radius 2 is 2.00 bits per heavy atom. The van der Waals surface area contributed by atoms with Crippen LogP contribution in [0.25, 0.3) is 0 Å². The van der Waals surface area contributed by atoms with E-state index in [1.165, 1.54) is 0 Å². The van der Waals surface area contributed by atoms with Crippen molar-refractivity contribution in [3.05, 3.63) is 0 Å². The molecule has 0 radical (unpaired) electrons. The minimum absolute atomic E-state index is 0.132. The average Bonchev–Trinajstić information content (AvgIpc) is 2.18. The van der Waals surface area contributed by atoms with E-state index in [-0.39, 0.29) is 5.97 Å². The summed E-state index contributed by atoms with van der Waals surface area (Å²) in [5.74, 6) is 3.22. The van der Waals surface area contributed by atoms with Crippen LogP contribution in [-0.4, -0.2) is 36.1 Å². The lowest BCUT2D eigenvalue weighted by Crippen LogP contribution is -2.39. The van der Waals surface area contributed by atoms with Crippen molar-refractivity contribution in [2.45, 2.75) is 45.6 Å². The van der Waals surface area contributed by atoms with Gasteiger partial charge >= 0.3 is 5.97 Å². The number of likely N-dealkylation sites (tertiary alicyclic amines) is 1. The highest BCUT2D eigenvalue weighted by molar-refractivity contribution is 5.72. The van der Waals surface area contributed by atoms with Crippen LogP contribution in [0.3, 0.4) is 0 Å². The van der Waals surface area contributed by atoms with Gasteiger partial charge in [-0.25, -0.2) is 0 Å². The largest absolute Gasteiger partial charge is 0.459 e. The number of carbonyl (C=O) groups excluding carboxylic acids is 1. The van der Waals surface area contributed by atoms with Gasteiger partial charge in [0.25, 0.3) is 0 Å². The smallest absolute Gasteiger partial charge is 0.320 e. The van der Waals surface area contributed by atoms with Crippen LogP contribution in [0, 0.1) is 18.3 Å². The minimum Gasteiger partial charge on any atom is -0.459 e. The summed E-state index contributed by atoms with van der Waals surface area (Å²) < 4.78 is 5.30. The third kappa shape index (κ3) is 5.74. The zero-order valence-corrected chi connectivity index (χ0v) is 11.2. The molecule has 0 N–H and O–H groups in total. The molecule has 0 saturated carbocycles. The van der Waals surface area contributed by atoms with Crippen molar-refractivity contribution in [1.29, 1.82) is 0 Å². The van der Waals surface area contributed by atoms with E-state index in [2.05, 4.69) is 10.8 Å². The Hall–Kier alpha value is -1.01. The first kappa shape index (κ1) is 14.1. The van der Waals surface area contributed by atoms with Crippen molar-refractivity contribution in [2.24, 2.45) is 5.92 Å². The lowest BCUT2D eigenvalue weighted by atomic mass is 9.94. The number of terminal acetylenes is 1. The van der Waals surface area contributed by atoms with Crippen LogP contribution >= 0.6 is 0 Å². The van der Waals surface area contributed by atoms with Crippen LogP contribution in [0.1, 0.15) is 40.0 Å². The van der Waals surface area contributed by atoms with Gasteiger partial charge in [0.1, 0.15) is 5.60 Å². The molecule has 96 valence electrons. The highest BCUT2D eigenvalue weighted by Gasteiger charge is 2.23. The summed E-state index contributed by atoms with van der Waals surface area (Å²) in [7, 11) is 0. The molecule has 3 nitrogen and oxygen atoms in total. The van der Waals surface area contributed by atoms with Crippen molar-refractivity contribution in [3.8, 4) is 12.3 Å². The Bertz CT molecular complexity index is 290. The zero-order valence-electron chi connectivity index (χ0n) is 11.2. The van der Waals surface area contributed by atoms with Crippen molar-refractivity contribution in [1.82, 2.24) is 4.90 Å². The molecule has 0 atom stereocenters. The second-order valence-electron chi connectivity index (χ2n) is 5.71. The van der Waals surface area contributed by atoms with E-state index in [1.54, 1.807) is 0 Å². The molecule has 0 aromatic heterocycles. The lowest BCUT2D eigenvalue weighted by molar-refractivity contribution is -0.156. The Morgan fingerprint density at radius 1 is 1.41 bits per heavy atom. The van der Waals surface area contributed by atoms with E-state index < -0.39 is 5.60 Å². The van der Waals surface area contributed by atoms with Crippen molar-refractivity contribution in [3.63, 3.8) is 0 Å². The van der Waals surface area contributed by atoms with Gasteiger partial charge in [-0.05, 0) is 52.6 Å². The maximum atomic E-state index is 11.6. The van der Waals surface area contributed by atoms with Gasteiger partial charge in [0.15, 0.2) is 0 Å². The number of hydrogen-bond donors (Lipinski definition) is 0. The highest BCUT2D eigenvalue weighted by Crippen LogP contribution is 2.20. The molecule has 0 amide bonds. The Labute approximate surface area is 105 Å². The molecular weight excluding hydrogens is 214 g/mol. The molecule has 0 aromatic carbocycles. The quantitative estimate of drug-likeness (QED) is 0.556. The fourth-order valence-corrected chi connectivity index (χ4v) is 2.07. The molecule has 1 heterocycles. The first-order valence-electron chi connectivity index (χ1n) is 6.28. The highest BCUT2D eigenvalue weighted by atomic mass is 16.6. The van der Waals surface area contributed by atoms with Crippen molar-refractivity contribution in [2.75, 3.05) is 19.6 Å². The molecule has 1 aliphatic heterocycles. The first-order valence-corrected chi connectivity index (χ1v) is 6.28. The number of esters is 1. The molecule has 1 fully saturated rings. The van der Waals surface area contributed by atoms with Crippen molar-refractivity contribution >= 4 is 5.97 Å². The second kappa shape index (κ2) is 6.07. The molecule has 1 saturated heterocycles. The molecule has 0 aliphatic carbocycles. The normalized spacial score (nSPS) is 18.7. The lowest BCUT2D eigenvalue weighted by Gasteiger charge is -2.31. The fraction of sp³-hybridized carbons (Fsp3) is 0.786. The van der Waals surface area contributed by atoms with Gasteiger partial charge in [0.2, 0.25) is 0 Å². The fourth-order valence-electron chi connectivity index (χ4n) is 2.07. The van der Waals surface area contributed by atoms with Gasteiger partial charge in [-0.3, -0.25) is 9.69 Å². The zero-order chi connectivity index (χ0) is 12.9. The number of hydrogen-bond acceptors (Lipinski definition) is 3. The molecule has 3 heteroatoms. The average molecular weight is 237 g/mol. The van der Waals surface area contributed by atoms with E-state index in [9.17, 15) is 4.79 Å². The third-order valence-corrected chi connectivity index (χ3v) is 2.89. The van der Waals surface area contributed by atoms with Crippen LogP contribution < -0.4 is 0 Å². The Balaban J connectivity index is 2.27. The number of nitrogens with zero attached hydrogens (tertiary/aromatic N) is 1. The number of ether oxygens (including phenoxy) is 1. The van der Waals surface area contributed by atoms with E-state index >= 15 is 0 Å². The third-order valence-electron chi connectivity index (χ3n) is 2.89. The van der Waals surface area contributed by atoms with E-state index in [0.29, 0.717) is 12.5 Å². The summed E-state index contributed by atoms with van der Waals surface area (Å²) in [5, 5.41) is 0. The number of rotatable bonds is 3. The standard InChI is InChI=1S/C14H23NO2/c1-5-6-12-7-9-15(10-8-12)11-13(16)17-14(2,3)4/h1,12H,6-11H2,2-4H3. The predicted molar refractivity (Wildman–Crippen MR) is 68.5 cm³/mol. The summed E-state index contributed by atoms with van der Waals surface area (Å²) in [6, 6.07) is 0.